The van der Waals surface area contributed by atoms with Gasteiger partial charge in [-0.2, -0.15) is 0 Å². The molecule has 0 aliphatic carbocycles. The van der Waals surface area contributed by atoms with Crippen LogP contribution in [0.2, 0.25) is 0 Å². The minimum atomic E-state index is -3.17. The van der Waals surface area contributed by atoms with E-state index in [0.717, 1.165) is 0 Å². The zero-order chi connectivity index (χ0) is 18.4. The Labute approximate surface area is 147 Å². The molecule has 0 radical (unpaired) electrons. The molecule has 1 aliphatic rings. The minimum absolute atomic E-state index is 0.0223. The number of sulfone groups is 1. The summed E-state index contributed by atoms with van der Waals surface area (Å²) in [6, 6.07) is 6.04. The predicted molar refractivity (Wildman–Crippen MR) is 92.3 cm³/mol. The number of hydrogen-bond donors (Lipinski definition) is 1. The number of carbonyl (C=O) groups excluding carboxylic acids is 2. The van der Waals surface area contributed by atoms with Crippen LogP contribution in [0.1, 0.15) is 6.42 Å². The van der Waals surface area contributed by atoms with Crippen molar-refractivity contribution in [3.05, 3.63) is 24.3 Å². The van der Waals surface area contributed by atoms with Crippen molar-refractivity contribution in [2.45, 2.75) is 12.5 Å². The number of nitrogens with one attached hydrogen (secondary N) is 1. The molecule has 1 unspecified atom stereocenters. The summed E-state index contributed by atoms with van der Waals surface area (Å²) in [6.45, 7) is 0.379. The van der Waals surface area contributed by atoms with E-state index in [0.29, 0.717) is 17.9 Å². The number of carbonyl (C=O) groups is 2. The number of hydrogen-bond acceptors (Lipinski definition) is 6. The third-order valence-electron chi connectivity index (χ3n) is 3.99. The third kappa shape index (κ3) is 5.17. The smallest absolute Gasteiger partial charge is 0.313 e. The summed E-state index contributed by atoms with van der Waals surface area (Å²) in [5.74, 6) is -1.06. The lowest BCUT2D eigenvalue weighted by Crippen LogP contribution is -2.47. The lowest BCUT2D eigenvalue weighted by atomic mass is 10.2. The highest BCUT2D eigenvalue weighted by molar-refractivity contribution is 7.91. The molecule has 1 aromatic carbocycles. The number of rotatable bonds is 6. The van der Waals surface area contributed by atoms with Gasteiger partial charge in [0, 0.05) is 25.4 Å². The molecule has 0 spiro atoms. The monoisotopic (exact) mass is 370 g/mol. The molecule has 2 amide bonds. The Morgan fingerprint density at radius 3 is 2.44 bits per heavy atom. The molecule has 0 saturated carbocycles. The summed E-state index contributed by atoms with van der Waals surface area (Å²) in [4.78, 5) is 26.1. The van der Waals surface area contributed by atoms with E-state index in [1.54, 1.807) is 24.3 Å². The SMILES string of the molecule is COCCN(C(=O)C(=O)Nc1ccc(OC)cc1)C1CCS(=O)(=O)C1. The maximum Gasteiger partial charge on any atom is 0.313 e. The van der Waals surface area contributed by atoms with Crippen LogP contribution in [-0.4, -0.2) is 70.1 Å². The van der Waals surface area contributed by atoms with Crippen molar-refractivity contribution in [1.29, 1.82) is 0 Å². The number of anilines is 1. The van der Waals surface area contributed by atoms with Crippen LogP contribution in [0.5, 0.6) is 5.75 Å². The van der Waals surface area contributed by atoms with E-state index in [-0.39, 0.29) is 24.7 Å². The topological polar surface area (TPSA) is 102 Å². The highest BCUT2D eigenvalue weighted by Crippen LogP contribution is 2.19. The molecule has 2 rings (SSSR count). The lowest BCUT2D eigenvalue weighted by molar-refractivity contribution is -0.144. The number of amides is 2. The van der Waals surface area contributed by atoms with Gasteiger partial charge >= 0.3 is 11.8 Å². The molecule has 0 bridgehead atoms. The van der Waals surface area contributed by atoms with Crippen molar-refractivity contribution in [2.24, 2.45) is 0 Å². The molecule has 138 valence electrons. The molecular weight excluding hydrogens is 348 g/mol. The second kappa shape index (κ2) is 8.30. The van der Waals surface area contributed by atoms with Gasteiger partial charge in [-0.1, -0.05) is 0 Å². The second-order valence-corrected chi connectivity index (χ2v) is 7.96. The maximum atomic E-state index is 12.5. The molecule has 1 aromatic rings. The van der Waals surface area contributed by atoms with Crippen molar-refractivity contribution < 1.29 is 27.5 Å². The van der Waals surface area contributed by atoms with Gasteiger partial charge in [0.25, 0.3) is 0 Å². The zero-order valence-electron chi connectivity index (χ0n) is 14.2. The number of nitrogens with zero attached hydrogens (tertiary/aromatic N) is 1. The van der Waals surface area contributed by atoms with Crippen LogP contribution in [0.15, 0.2) is 24.3 Å². The Kier molecular flexibility index (Phi) is 6.38. The molecule has 1 atom stereocenters. The highest BCUT2D eigenvalue weighted by Gasteiger charge is 2.36. The van der Waals surface area contributed by atoms with Crippen molar-refractivity contribution >= 4 is 27.3 Å². The number of ether oxygens (including phenoxy) is 2. The summed E-state index contributed by atoms with van der Waals surface area (Å²) >= 11 is 0. The summed E-state index contributed by atoms with van der Waals surface area (Å²) in [5, 5.41) is 2.52. The molecule has 9 heteroatoms. The normalized spacial score (nSPS) is 18.6. The summed E-state index contributed by atoms with van der Waals surface area (Å²) in [5.41, 5.74) is 0.449. The van der Waals surface area contributed by atoms with E-state index in [4.69, 9.17) is 9.47 Å². The Balaban J connectivity index is 2.07. The predicted octanol–water partition coefficient (Wildman–Crippen LogP) is 0.296. The molecule has 25 heavy (non-hydrogen) atoms. The molecule has 1 N–H and O–H groups in total. The molecule has 1 fully saturated rings. The first-order valence-electron chi connectivity index (χ1n) is 7.81. The van der Waals surface area contributed by atoms with Gasteiger partial charge in [-0.05, 0) is 30.7 Å². The molecule has 0 aromatic heterocycles. The average molecular weight is 370 g/mol. The van der Waals surface area contributed by atoms with E-state index in [1.165, 1.54) is 19.1 Å². The Bertz CT molecular complexity index is 717. The average Bonchev–Trinajstić information content (AvgIpc) is 2.95. The molecule has 8 nitrogen and oxygen atoms in total. The van der Waals surface area contributed by atoms with Crippen molar-refractivity contribution in [2.75, 3.05) is 44.2 Å². The third-order valence-corrected chi connectivity index (χ3v) is 5.74. The van der Waals surface area contributed by atoms with Gasteiger partial charge in [-0.25, -0.2) is 8.42 Å². The van der Waals surface area contributed by atoms with E-state index >= 15 is 0 Å². The van der Waals surface area contributed by atoms with Crippen LogP contribution in [0.25, 0.3) is 0 Å². The Morgan fingerprint density at radius 1 is 1.24 bits per heavy atom. The van der Waals surface area contributed by atoms with Crippen LogP contribution in [0, 0.1) is 0 Å². The first kappa shape index (κ1) is 19.2. The van der Waals surface area contributed by atoms with Gasteiger partial charge < -0.3 is 19.7 Å². The van der Waals surface area contributed by atoms with Crippen molar-refractivity contribution in [1.82, 2.24) is 4.90 Å². The fraction of sp³-hybridized carbons (Fsp3) is 0.500. The summed E-state index contributed by atoms with van der Waals surface area (Å²) in [7, 11) is -0.166. The Hall–Kier alpha value is -2.13. The zero-order valence-corrected chi connectivity index (χ0v) is 15.0. The van der Waals surface area contributed by atoms with Crippen LogP contribution in [0.4, 0.5) is 5.69 Å². The fourth-order valence-electron chi connectivity index (χ4n) is 2.65. The molecule has 1 heterocycles. The van der Waals surface area contributed by atoms with Crippen molar-refractivity contribution in [3.63, 3.8) is 0 Å². The van der Waals surface area contributed by atoms with Gasteiger partial charge in [-0.15, -0.1) is 0 Å². The van der Waals surface area contributed by atoms with Gasteiger partial charge in [-0.3, -0.25) is 9.59 Å². The number of benzene rings is 1. The van der Waals surface area contributed by atoms with Gasteiger partial charge in [0.05, 0.1) is 25.2 Å². The van der Waals surface area contributed by atoms with E-state index < -0.39 is 27.7 Å². The summed E-state index contributed by atoms with van der Waals surface area (Å²) < 4.78 is 33.4. The lowest BCUT2D eigenvalue weighted by Gasteiger charge is -2.27. The largest absolute Gasteiger partial charge is 0.497 e. The van der Waals surface area contributed by atoms with E-state index in [2.05, 4.69) is 5.32 Å². The standard InChI is InChI=1S/C16H22N2O6S/c1-23-9-8-18(13-7-10-25(21,22)11-13)16(20)15(19)17-12-3-5-14(24-2)6-4-12/h3-6,13H,7-11H2,1-2H3,(H,17,19). The minimum Gasteiger partial charge on any atom is -0.497 e. The molecule has 1 aliphatic heterocycles. The van der Waals surface area contributed by atoms with Crippen LogP contribution in [0.3, 0.4) is 0 Å². The highest BCUT2D eigenvalue weighted by atomic mass is 32.2. The second-order valence-electron chi connectivity index (χ2n) is 5.73. The van der Waals surface area contributed by atoms with Crippen molar-refractivity contribution in [3.8, 4) is 5.75 Å². The first-order chi connectivity index (χ1) is 11.9. The Morgan fingerprint density at radius 2 is 1.92 bits per heavy atom. The summed E-state index contributed by atoms with van der Waals surface area (Å²) in [6.07, 6.45) is 0.327. The van der Waals surface area contributed by atoms with Gasteiger partial charge in [0.2, 0.25) is 0 Å². The first-order valence-corrected chi connectivity index (χ1v) is 9.64. The van der Waals surface area contributed by atoms with E-state index in [1.807, 2.05) is 0 Å². The molecule has 1 saturated heterocycles. The van der Waals surface area contributed by atoms with E-state index in [9.17, 15) is 18.0 Å². The van der Waals surface area contributed by atoms with Crippen LogP contribution >= 0.6 is 0 Å². The maximum absolute atomic E-state index is 12.5. The van der Waals surface area contributed by atoms with Crippen LogP contribution in [-0.2, 0) is 24.2 Å². The molecular formula is C16H22N2O6S. The number of methoxy groups -OCH3 is 2. The fourth-order valence-corrected chi connectivity index (χ4v) is 4.38. The van der Waals surface area contributed by atoms with Gasteiger partial charge in [0.15, 0.2) is 9.84 Å². The quantitative estimate of drug-likeness (QED) is 0.723. The van der Waals surface area contributed by atoms with Gasteiger partial charge in [0.1, 0.15) is 5.75 Å². The van der Waals surface area contributed by atoms with Crippen LogP contribution < -0.4 is 10.1 Å².